The second-order valence-corrected chi connectivity index (χ2v) is 5.88. The molecule has 1 amide bonds. The number of hydrogen-bond acceptors (Lipinski definition) is 4. The molecule has 0 bridgehead atoms. The maximum Gasteiger partial charge on any atom is 0.255 e. The molecule has 0 radical (unpaired) electrons. The Kier molecular flexibility index (Phi) is 5.51. The van der Waals surface area contributed by atoms with Gasteiger partial charge in [-0.1, -0.05) is 36.4 Å². The van der Waals surface area contributed by atoms with Crippen LogP contribution in [-0.4, -0.2) is 5.91 Å². The monoisotopic (exact) mass is 347 g/mol. The Balaban J connectivity index is 1.59. The summed E-state index contributed by atoms with van der Waals surface area (Å²) in [6.45, 7) is 0.938. The number of ether oxygens (including phenoxy) is 1. The quantitative estimate of drug-likeness (QED) is 0.595. The smallest absolute Gasteiger partial charge is 0.255 e. The van der Waals surface area contributed by atoms with E-state index in [0.717, 1.165) is 16.9 Å². The van der Waals surface area contributed by atoms with Gasteiger partial charge in [0.2, 0.25) is 0 Å². The van der Waals surface area contributed by atoms with Crippen molar-refractivity contribution < 1.29 is 9.53 Å². The van der Waals surface area contributed by atoms with Crippen LogP contribution in [0, 0.1) is 0 Å². The summed E-state index contributed by atoms with van der Waals surface area (Å²) in [6, 6.07) is 22.1. The highest BCUT2D eigenvalue weighted by Gasteiger charge is 2.08. The number of benzene rings is 3. The highest BCUT2D eigenvalue weighted by molar-refractivity contribution is 6.05. The lowest BCUT2D eigenvalue weighted by Gasteiger charge is -2.09. The average molecular weight is 347 g/mol. The number of nitrogens with one attached hydrogen (secondary N) is 1. The topological polar surface area (TPSA) is 90.4 Å². The summed E-state index contributed by atoms with van der Waals surface area (Å²) >= 11 is 0. The van der Waals surface area contributed by atoms with Gasteiger partial charge in [-0.3, -0.25) is 4.79 Å². The highest BCUT2D eigenvalue weighted by Crippen LogP contribution is 2.18. The van der Waals surface area contributed by atoms with E-state index in [2.05, 4.69) is 5.32 Å². The molecular formula is C21H21N3O2. The fourth-order valence-electron chi connectivity index (χ4n) is 2.45. The van der Waals surface area contributed by atoms with Gasteiger partial charge in [-0.25, -0.2) is 0 Å². The van der Waals surface area contributed by atoms with Crippen LogP contribution in [0.15, 0.2) is 72.8 Å². The first-order valence-corrected chi connectivity index (χ1v) is 8.32. The Labute approximate surface area is 152 Å². The minimum atomic E-state index is -0.201. The van der Waals surface area contributed by atoms with Crippen molar-refractivity contribution in [2.75, 3.05) is 11.1 Å². The maximum atomic E-state index is 12.3. The van der Waals surface area contributed by atoms with Crippen molar-refractivity contribution in [3.8, 4) is 5.75 Å². The van der Waals surface area contributed by atoms with Gasteiger partial charge in [-0.15, -0.1) is 0 Å². The summed E-state index contributed by atoms with van der Waals surface area (Å²) in [6.07, 6.45) is 0. The van der Waals surface area contributed by atoms with Crippen LogP contribution in [0.1, 0.15) is 21.5 Å². The van der Waals surface area contributed by atoms with Gasteiger partial charge in [0.05, 0.1) is 11.4 Å². The van der Waals surface area contributed by atoms with Gasteiger partial charge >= 0.3 is 0 Å². The van der Waals surface area contributed by atoms with Crippen molar-refractivity contribution in [2.24, 2.45) is 5.73 Å². The summed E-state index contributed by atoms with van der Waals surface area (Å²) in [7, 11) is 0. The Morgan fingerprint density at radius 2 is 1.54 bits per heavy atom. The number of carbonyl (C=O) groups is 1. The molecule has 0 saturated heterocycles. The lowest BCUT2D eigenvalue weighted by Crippen LogP contribution is -2.13. The molecule has 5 heteroatoms. The van der Waals surface area contributed by atoms with Crippen LogP contribution < -0.4 is 21.5 Å². The van der Waals surface area contributed by atoms with Crippen molar-refractivity contribution in [3.05, 3.63) is 89.5 Å². The molecule has 26 heavy (non-hydrogen) atoms. The third-order valence-electron chi connectivity index (χ3n) is 3.99. The van der Waals surface area contributed by atoms with Crippen LogP contribution in [0.25, 0.3) is 0 Å². The van der Waals surface area contributed by atoms with Crippen LogP contribution in [0.5, 0.6) is 5.75 Å². The van der Waals surface area contributed by atoms with Gasteiger partial charge in [0.1, 0.15) is 12.4 Å². The van der Waals surface area contributed by atoms with Crippen molar-refractivity contribution in [1.29, 1.82) is 0 Å². The molecule has 0 aromatic heterocycles. The molecule has 0 aliphatic carbocycles. The Morgan fingerprint density at radius 3 is 2.19 bits per heavy atom. The molecule has 3 aromatic rings. The van der Waals surface area contributed by atoms with Gasteiger partial charge in [-0.2, -0.15) is 0 Å². The average Bonchev–Trinajstić information content (AvgIpc) is 2.69. The minimum Gasteiger partial charge on any atom is -0.489 e. The normalized spacial score (nSPS) is 10.3. The number of carbonyl (C=O) groups excluding carboxylic acids is 1. The molecule has 0 saturated carbocycles. The standard InChI is InChI=1S/C21H21N3O2/c22-13-15-7-11-18(12-8-15)26-14-16-5-9-17(10-6-16)21(25)24-20-4-2-1-3-19(20)23/h1-12H,13-14,22-23H2,(H,24,25). The Bertz CT molecular complexity index is 875. The first-order chi connectivity index (χ1) is 12.7. The molecule has 0 aliphatic heterocycles. The number of nitrogen functional groups attached to an aromatic ring is 1. The van der Waals surface area contributed by atoms with Crippen LogP contribution in [0.4, 0.5) is 11.4 Å². The molecule has 0 atom stereocenters. The molecule has 3 aromatic carbocycles. The SMILES string of the molecule is NCc1ccc(OCc2ccc(C(=O)Nc3ccccc3N)cc2)cc1. The highest BCUT2D eigenvalue weighted by atomic mass is 16.5. The van der Waals surface area contributed by atoms with Gasteiger partial charge in [0.25, 0.3) is 5.91 Å². The minimum absolute atomic E-state index is 0.201. The second kappa shape index (κ2) is 8.18. The zero-order chi connectivity index (χ0) is 18.4. The summed E-state index contributed by atoms with van der Waals surface area (Å²) in [4.78, 5) is 12.3. The molecule has 132 valence electrons. The predicted molar refractivity (Wildman–Crippen MR) is 104 cm³/mol. The number of anilines is 2. The zero-order valence-electron chi connectivity index (χ0n) is 14.3. The van der Waals surface area contributed by atoms with Crippen LogP contribution in [-0.2, 0) is 13.2 Å². The summed E-state index contributed by atoms with van der Waals surface area (Å²) in [5, 5.41) is 2.81. The summed E-state index contributed by atoms with van der Waals surface area (Å²) in [5.74, 6) is 0.580. The van der Waals surface area contributed by atoms with E-state index in [1.54, 1.807) is 24.3 Å². The van der Waals surface area contributed by atoms with E-state index in [1.807, 2.05) is 48.5 Å². The predicted octanol–water partition coefficient (Wildman–Crippen LogP) is 3.56. The van der Waals surface area contributed by atoms with E-state index < -0.39 is 0 Å². The molecule has 0 unspecified atom stereocenters. The molecule has 0 heterocycles. The van der Waals surface area contributed by atoms with Crippen LogP contribution in [0.3, 0.4) is 0 Å². The van der Waals surface area contributed by atoms with E-state index in [1.165, 1.54) is 0 Å². The van der Waals surface area contributed by atoms with Crippen LogP contribution >= 0.6 is 0 Å². The van der Waals surface area contributed by atoms with E-state index in [0.29, 0.717) is 30.1 Å². The molecule has 0 fully saturated rings. The lowest BCUT2D eigenvalue weighted by molar-refractivity contribution is 0.102. The number of nitrogens with two attached hydrogens (primary N) is 2. The second-order valence-electron chi connectivity index (χ2n) is 5.88. The third-order valence-corrected chi connectivity index (χ3v) is 3.99. The molecule has 5 N–H and O–H groups in total. The van der Waals surface area contributed by atoms with E-state index >= 15 is 0 Å². The third kappa shape index (κ3) is 4.40. The number of amides is 1. The van der Waals surface area contributed by atoms with Crippen molar-refractivity contribution in [3.63, 3.8) is 0 Å². The molecular weight excluding hydrogens is 326 g/mol. The van der Waals surface area contributed by atoms with E-state index in [4.69, 9.17) is 16.2 Å². The first-order valence-electron chi connectivity index (χ1n) is 8.32. The van der Waals surface area contributed by atoms with Crippen molar-refractivity contribution in [2.45, 2.75) is 13.2 Å². The largest absolute Gasteiger partial charge is 0.489 e. The van der Waals surface area contributed by atoms with E-state index in [-0.39, 0.29) is 5.91 Å². The molecule has 3 rings (SSSR count). The van der Waals surface area contributed by atoms with Gasteiger partial charge in [0.15, 0.2) is 0 Å². The summed E-state index contributed by atoms with van der Waals surface area (Å²) in [5.41, 5.74) is 15.2. The first kappa shape index (κ1) is 17.5. The fraction of sp³-hybridized carbons (Fsp3) is 0.0952. The summed E-state index contributed by atoms with van der Waals surface area (Å²) < 4.78 is 5.75. The zero-order valence-corrected chi connectivity index (χ0v) is 14.3. The van der Waals surface area contributed by atoms with Gasteiger partial charge < -0.3 is 21.5 Å². The number of hydrogen-bond donors (Lipinski definition) is 3. The van der Waals surface area contributed by atoms with E-state index in [9.17, 15) is 4.79 Å². The maximum absolute atomic E-state index is 12.3. The van der Waals surface area contributed by atoms with Crippen molar-refractivity contribution in [1.82, 2.24) is 0 Å². The number of rotatable bonds is 6. The van der Waals surface area contributed by atoms with Crippen LogP contribution in [0.2, 0.25) is 0 Å². The fourth-order valence-corrected chi connectivity index (χ4v) is 2.45. The Hall–Kier alpha value is -3.31. The van der Waals surface area contributed by atoms with Gasteiger partial charge in [0, 0.05) is 12.1 Å². The molecule has 5 nitrogen and oxygen atoms in total. The number of para-hydroxylation sites is 2. The lowest BCUT2D eigenvalue weighted by atomic mass is 10.1. The molecule has 0 spiro atoms. The van der Waals surface area contributed by atoms with Gasteiger partial charge in [-0.05, 0) is 47.5 Å². The molecule has 0 aliphatic rings. The Morgan fingerprint density at radius 1 is 0.885 bits per heavy atom. The van der Waals surface area contributed by atoms with Crippen molar-refractivity contribution >= 4 is 17.3 Å².